The van der Waals surface area contributed by atoms with Gasteiger partial charge >= 0.3 is 0 Å². The minimum atomic E-state index is 0.0208. The predicted molar refractivity (Wildman–Crippen MR) is 104 cm³/mol. The largest absolute Gasteiger partial charge is 0.467 e. The van der Waals surface area contributed by atoms with Crippen molar-refractivity contribution in [2.45, 2.75) is 25.6 Å². The van der Waals surface area contributed by atoms with Gasteiger partial charge in [0.1, 0.15) is 5.76 Å². The highest BCUT2D eigenvalue weighted by molar-refractivity contribution is 7.99. The van der Waals surface area contributed by atoms with Crippen molar-refractivity contribution in [2.24, 2.45) is 0 Å². The molecule has 0 aromatic carbocycles. The first-order valence-corrected chi connectivity index (χ1v) is 9.69. The number of aromatic nitrogens is 4. The van der Waals surface area contributed by atoms with Crippen molar-refractivity contribution in [2.75, 3.05) is 5.75 Å². The number of Topliss-reactive ketones (excluding diaryl/α,β-unsaturated/α-hetero) is 1. The van der Waals surface area contributed by atoms with E-state index in [4.69, 9.17) is 8.83 Å². The number of hydrogen-bond donors (Lipinski definition) is 0. The highest BCUT2D eigenvalue weighted by Crippen LogP contribution is 2.25. The molecule has 7 nitrogen and oxygen atoms in total. The van der Waals surface area contributed by atoms with Crippen LogP contribution in [-0.4, -0.2) is 31.3 Å². The van der Waals surface area contributed by atoms with Crippen LogP contribution in [0.25, 0.3) is 11.5 Å². The molecule has 4 rings (SSSR count). The fourth-order valence-electron chi connectivity index (χ4n) is 2.97. The molecule has 4 aromatic heterocycles. The number of carbonyl (C=O) groups is 1. The molecule has 142 valence electrons. The van der Waals surface area contributed by atoms with Crippen molar-refractivity contribution in [1.29, 1.82) is 0 Å². The van der Waals surface area contributed by atoms with E-state index in [-0.39, 0.29) is 11.5 Å². The van der Waals surface area contributed by atoms with Crippen LogP contribution in [0.3, 0.4) is 0 Å². The van der Waals surface area contributed by atoms with Crippen molar-refractivity contribution < 1.29 is 13.6 Å². The fraction of sp³-hybridized carbons (Fsp3) is 0.200. The van der Waals surface area contributed by atoms with Gasteiger partial charge in [-0.3, -0.25) is 9.78 Å². The minimum absolute atomic E-state index is 0.0208. The Morgan fingerprint density at radius 3 is 2.75 bits per heavy atom. The lowest BCUT2D eigenvalue weighted by molar-refractivity contribution is 0.102. The van der Waals surface area contributed by atoms with Crippen molar-refractivity contribution in [3.8, 4) is 11.5 Å². The molecular weight excluding hydrogens is 376 g/mol. The zero-order valence-corrected chi connectivity index (χ0v) is 16.3. The number of aryl methyl sites for hydroxylation is 1. The van der Waals surface area contributed by atoms with Crippen LogP contribution in [0.1, 0.15) is 27.5 Å². The SMILES string of the molecule is Cc1cc(C(=O)CSc2nnc(-c3ccncc3)o2)c(C)n1Cc1ccco1. The molecular formula is C20H18N4O3S. The van der Waals surface area contributed by atoms with E-state index in [2.05, 4.69) is 19.7 Å². The van der Waals surface area contributed by atoms with Crippen LogP contribution in [0.2, 0.25) is 0 Å². The normalized spacial score (nSPS) is 11.1. The summed E-state index contributed by atoms with van der Waals surface area (Å²) in [6.07, 6.45) is 4.97. The molecule has 4 heterocycles. The summed E-state index contributed by atoms with van der Waals surface area (Å²) < 4.78 is 13.1. The Kier molecular flexibility index (Phi) is 5.12. The molecule has 0 bridgehead atoms. The average molecular weight is 394 g/mol. The third kappa shape index (κ3) is 3.77. The molecule has 0 aliphatic rings. The molecule has 0 aliphatic carbocycles. The lowest BCUT2D eigenvalue weighted by Gasteiger charge is -2.07. The first kappa shape index (κ1) is 18.2. The third-order valence-corrected chi connectivity index (χ3v) is 5.25. The fourth-order valence-corrected chi connectivity index (χ4v) is 3.62. The van der Waals surface area contributed by atoms with Crippen molar-refractivity contribution in [3.05, 3.63) is 71.7 Å². The second kappa shape index (κ2) is 7.85. The summed E-state index contributed by atoms with van der Waals surface area (Å²) in [5, 5.41) is 8.40. The monoisotopic (exact) mass is 394 g/mol. The van der Waals surface area contributed by atoms with E-state index in [1.54, 1.807) is 30.8 Å². The summed E-state index contributed by atoms with van der Waals surface area (Å²) in [5.41, 5.74) is 3.43. The lowest BCUT2D eigenvalue weighted by atomic mass is 10.2. The second-order valence-electron chi connectivity index (χ2n) is 6.27. The number of furan rings is 1. The standard InChI is InChI=1S/C20H18N4O3S/c1-13-10-17(14(2)24(13)11-16-4-3-9-26-16)18(25)12-28-20-23-22-19(27-20)15-5-7-21-8-6-15/h3-10H,11-12H2,1-2H3. The van der Waals surface area contributed by atoms with Crippen molar-refractivity contribution in [1.82, 2.24) is 19.7 Å². The summed E-state index contributed by atoms with van der Waals surface area (Å²) in [6.45, 7) is 4.53. The van der Waals surface area contributed by atoms with Gasteiger partial charge < -0.3 is 13.4 Å². The number of pyridine rings is 1. The summed E-state index contributed by atoms with van der Waals surface area (Å²) in [4.78, 5) is 16.7. The first-order chi connectivity index (χ1) is 13.6. The maximum absolute atomic E-state index is 12.7. The van der Waals surface area contributed by atoms with Crippen LogP contribution in [0, 0.1) is 13.8 Å². The van der Waals surface area contributed by atoms with Crippen LogP contribution in [0.5, 0.6) is 0 Å². The molecule has 0 fully saturated rings. The summed E-state index contributed by atoms with van der Waals surface area (Å²) in [6, 6.07) is 9.28. The van der Waals surface area contributed by atoms with Gasteiger partial charge in [-0.15, -0.1) is 10.2 Å². The quantitative estimate of drug-likeness (QED) is 0.343. The minimum Gasteiger partial charge on any atom is -0.467 e. The van der Waals surface area contributed by atoms with Gasteiger partial charge in [-0.05, 0) is 44.2 Å². The van der Waals surface area contributed by atoms with Crippen LogP contribution in [0.15, 0.2) is 63.0 Å². The van der Waals surface area contributed by atoms with E-state index >= 15 is 0 Å². The maximum atomic E-state index is 12.7. The van der Waals surface area contributed by atoms with E-state index in [9.17, 15) is 4.79 Å². The summed E-state index contributed by atoms with van der Waals surface area (Å²) in [7, 11) is 0. The Morgan fingerprint density at radius 1 is 1.18 bits per heavy atom. The number of nitrogens with zero attached hydrogens (tertiary/aromatic N) is 4. The number of hydrogen-bond acceptors (Lipinski definition) is 7. The second-order valence-corrected chi connectivity index (χ2v) is 7.20. The molecule has 0 saturated carbocycles. The molecule has 28 heavy (non-hydrogen) atoms. The highest BCUT2D eigenvalue weighted by Gasteiger charge is 2.18. The molecule has 0 atom stereocenters. The van der Waals surface area contributed by atoms with Gasteiger partial charge in [0.25, 0.3) is 5.22 Å². The molecule has 0 amide bonds. The Bertz CT molecular complexity index is 1080. The zero-order valence-electron chi connectivity index (χ0n) is 15.5. The van der Waals surface area contributed by atoms with Crippen LogP contribution in [0.4, 0.5) is 0 Å². The molecule has 4 aromatic rings. The molecule has 0 radical (unpaired) electrons. The van der Waals surface area contributed by atoms with Gasteiger partial charge in [0.2, 0.25) is 5.89 Å². The topological polar surface area (TPSA) is 87.0 Å². The molecule has 0 aliphatic heterocycles. The number of ketones is 1. The Hall–Kier alpha value is -3.13. The zero-order chi connectivity index (χ0) is 19.5. The molecule has 0 spiro atoms. The summed E-state index contributed by atoms with van der Waals surface area (Å²) in [5.74, 6) is 1.51. The number of carbonyl (C=O) groups excluding carboxylic acids is 1. The Morgan fingerprint density at radius 2 is 2.00 bits per heavy atom. The average Bonchev–Trinajstić information content (AvgIpc) is 3.45. The Balaban J connectivity index is 1.44. The maximum Gasteiger partial charge on any atom is 0.277 e. The first-order valence-electron chi connectivity index (χ1n) is 8.71. The van der Waals surface area contributed by atoms with Crippen LogP contribution < -0.4 is 0 Å². The van der Waals surface area contributed by atoms with Gasteiger partial charge in [-0.25, -0.2) is 0 Å². The lowest BCUT2D eigenvalue weighted by Crippen LogP contribution is -2.07. The van der Waals surface area contributed by atoms with Gasteiger partial charge in [0.15, 0.2) is 5.78 Å². The van der Waals surface area contributed by atoms with E-state index in [0.29, 0.717) is 23.2 Å². The van der Waals surface area contributed by atoms with E-state index in [1.807, 2.05) is 32.0 Å². The van der Waals surface area contributed by atoms with Crippen molar-refractivity contribution in [3.63, 3.8) is 0 Å². The van der Waals surface area contributed by atoms with Crippen molar-refractivity contribution >= 4 is 17.5 Å². The van der Waals surface area contributed by atoms with Crippen LogP contribution >= 0.6 is 11.8 Å². The molecule has 0 saturated heterocycles. The molecule has 0 N–H and O–H groups in total. The van der Waals surface area contributed by atoms with Gasteiger partial charge in [0, 0.05) is 34.9 Å². The molecule has 0 unspecified atom stereocenters. The third-order valence-electron chi connectivity index (χ3n) is 4.43. The van der Waals surface area contributed by atoms with Gasteiger partial charge in [-0.2, -0.15) is 0 Å². The smallest absolute Gasteiger partial charge is 0.277 e. The molecule has 8 heteroatoms. The van der Waals surface area contributed by atoms with E-state index in [1.165, 1.54) is 11.8 Å². The van der Waals surface area contributed by atoms with E-state index in [0.717, 1.165) is 22.7 Å². The predicted octanol–water partition coefficient (Wildman–Crippen LogP) is 4.17. The van der Waals surface area contributed by atoms with Gasteiger partial charge in [0.05, 0.1) is 18.6 Å². The number of thioether (sulfide) groups is 1. The number of rotatable bonds is 7. The van der Waals surface area contributed by atoms with Crippen LogP contribution in [-0.2, 0) is 6.54 Å². The van der Waals surface area contributed by atoms with E-state index < -0.39 is 0 Å². The summed E-state index contributed by atoms with van der Waals surface area (Å²) >= 11 is 1.23. The highest BCUT2D eigenvalue weighted by atomic mass is 32.2. The Labute approximate surface area is 165 Å². The van der Waals surface area contributed by atoms with Gasteiger partial charge in [-0.1, -0.05) is 11.8 Å².